The lowest BCUT2D eigenvalue weighted by atomic mass is 10.0. The number of ether oxygens (including phenoxy) is 1. The van der Waals surface area contributed by atoms with Crippen molar-refractivity contribution >= 4 is 29.4 Å². The van der Waals surface area contributed by atoms with Gasteiger partial charge in [0.15, 0.2) is 0 Å². The molecule has 1 heterocycles. The second kappa shape index (κ2) is 9.28. The van der Waals surface area contributed by atoms with Crippen LogP contribution in [-0.2, 0) is 4.79 Å². The highest BCUT2D eigenvalue weighted by Crippen LogP contribution is 2.24. The van der Waals surface area contributed by atoms with Crippen molar-refractivity contribution in [3.8, 4) is 11.8 Å². The number of nitriles is 1. The number of rotatable bonds is 6. The van der Waals surface area contributed by atoms with Crippen LogP contribution in [0.25, 0.3) is 11.6 Å². The summed E-state index contributed by atoms with van der Waals surface area (Å²) in [7, 11) is 0. The molecule has 0 fully saturated rings. The summed E-state index contributed by atoms with van der Waals surface area (Å²) in [6.07, 6.45) is 1.38. The molecule has 0 saturated heterocycles. The van der Waals surface area contributed by atoms with Crippen molar-refractivity contribution in [1.82, 2.24) is 4.90 Å². The van der Waals surface area contributed by atoms with Gasteiger partial charge >= 0.3 is 5.97 Å². The minimum atomic E-state index is -0.598. The van der Waals surface area contributed by atoms with E-state index in [9.17, 15) is 24.0 Å². The van der Waals surface area contributed by atoms with Gasteiger partial charge in [0.05, 0.1) is 29.2 Å². The number of amides is 2. The summed E-state index contributed by atoms with van der Waals surface area (Å²) in [6, 6.07) is 20.8. The summed E-state index contributed by atoms with van der Waals surface area (Å²) in [4.78, 5) is 38.0. The highest BCUT2D eigenvalue weighted by molar-refractivity contribution is 6.21. The zero-order valence-electron chi connectivity index (χ0n) is 17.3. The van der Waals surface area contributed by atoms with E-state index >= 15 is 0 Å². The Morgan fingerprint density at radius 1 is 0.939 bits per heavy atom. The van der Waals surface area contributed by atoms with E-state index in [-0.39, 0.29) is 29.9 Å². The molecule has 0 radical (unpaired) electrons. The molecule has 3 aromatic carbocycles. The van der Waals surface area contributed by atoms with Crippen LogP contribution in [-0.4, -0.2) is 29.2 Å². The fraction of sp³-hybridized carbons (Fsp3) is 0.0769. The fourth-order valence-corrected chi connectivity index (χ4v) is 3.48. The van der Waals surface area contributed by atoms with Crippen LogP contribution in [0.3, 0.4) is 0 Å². The van der Waals surface area contributed by atoms with Gasteiger partial charge in [-0.3, -0.25) is 19.3 Å². The molecule has 0 spiro atoms. The van der Waals surface area contributed by atoms with Crippen molar-refractivity contribution in [3.63, 3.8) is 0 Å². The number of hydrogen-bond donors (Lipinski definition) is 0. The molecule has 2 amide bonds. The van der Waals surface area contributed by atoms with E-state index in [0.717, 1.165) is 4.90 Å². The lowest BCUT2D eigenvalue weighted by molar-refractivity contribution is -0.134. The first kappa shape index (κ1) is 21.7. The predicted molar refractivity (Wildman–Crippen MR) is 118 cm³/mol. The maximum absolute atomic E-state index is 14.0. The van der Waals surface area contributed by atoms with E-state index in [1.54, 1.807) is 60.7 Å². The summed E-state index contributed by atoms with van der Waals surface area (Å²) in [5.74, 6) is -1.68. The molecule has 4 rings (SSSR count). The standard InChI is InChI=1S/C26H17FN2O4/c27-23-8-4-3-5-20(23)18(16-28)15-17-9-11-19(12-10-17)33-24(30)13-14-29-25(31)21-6-1-2-7-22(21)26(29)32/h1-12,15H,13-14H2/b18-15-. The van der Waals surface area contributed by atoms with Crippen molar-refractivity contribution in [2.24, 2.45) is 0 Å². The van der Waals surface area contributed by atoms with Gasteiger partial charge in [-0.05, 0) is 42.0 Å². The van der Waals surface area contributed by atoms with Gasteiger partial charge in [-0.2, -0.15) is 5.26 Å². The third-order valence-electron chi connectivity index (χ3n) is 5.12. The average molecular weight is 440 g/mol. The van der Waals surface area contributed by atoms with Crippen molar-refractivity contribution in [2.75, 3.05) is 6.54 Å². The molecule has 0 saturated carbocycles. The molecular formula is C26H17FN2O4. The van der Waals surface area contributed by atoms with E-state index in [0.29, 0.717) is 16.7 Å². The van der Waals surface area contributed by atoms with Gasteiger partial charge in [0.25, 0.3) is 11.8 Å². The van der Waals surface area contributed by atoms with Crippen LogP contribution in [0.2, 0.25) is 0 Å². The first-order valence-corrected chi connectivity index (χ1v) is 10.1. The van der Waals surface area contributed by atoms with Crippen molar-refractivity contribution < 1.29 is 23.5 Å². The number of nitrogens with zero attached hydrogens (tertiary/aromatic N) is 2. The number of benzene rings is 3. The number of fused-ring (bicyclic) bond motifs is 1. The van der Waals surface area contributed by atoms with Crippen molar-refractivity contribution in [1.29, 1.82) is 5.26 Å². The highest BCUT2D eigenvalue weighted by atomic mass is 19.1. The summed E-state index contributed by atoms with van der Waals surface area (Å²) >= 11 is 0. The molecule has 0 atom stereocenters. The lowest BCUT2D eigenvalue weighted by Gasteiger charge is -2.13. The monoisotopic (exact) mass is 440 g/mol. The van der Waals surface area contributed by atoms with E-state index < -0.39 is 23.6 Å². The average Bonchev–Trinajstić information content (AvgIpc) is 3.07. The normalized spacial score (nSPS) is 13.0. The number of carbonyl (C=O) groups excluding carboxylic acids is 3. The molecule has 3 aromatic rings. The number of allylic oxidation sites excluding steroid dienone is 1. The Morgan fingerprint density at radius 3 is 2.15 bits per heavy atom. The van der Waals surface area contributed by atoms with Crippen LogP contribution in [0.5, 0.6) is 5.75 Å². The van der Waals surface area contributed by atoms with Gasteiger partial charge in [0, 0.05) is 12.1 Å². The van der Waals surface area contributed by atoms with Crippen LogP contribution < -0.4 is 4.74 Å². The molecule has 0 aromatic heterocycles. The van der Waals surface area contributed by atoms with Gasteiger partial charge in [0.1, 0.15) is 11.6 Å². The van der Waals surface area contributed by atoms with Gasteiger partial charge in [-0.1, -0.05) is 42.5 Å². The number of carbonyl (C=O) groups is 3. The molecule has 7 heteroatoms. The molecule has 1 aliphatic heterocycles. The van der Waals surface area contributed by atoms with Crippen LogP contribution >= 0.6 is 0 Å². The van der Waals surface area contributed by atoms with Crippen LogP contribution in [0.15, 0.2) is 72.8 Å². The SMILES string of the molecule is N#C/C(=C/c1ccc(OC(=O)CCN2C(=O)c3ccccc3C2=O)cc1)c1ccccc1F. The first-order valence-electron chi connectivity index (χ1n) is 10.1. The fourth-order valence-electron chi connectivity index (χ4n) is 3.48. The smallest absolute Gasteiger partial charge is 0.312 e. The van der Waals surface area contributed by atoms with Crippen LogP contribution in [0, 0.1) is 17.1 Å². The molecule has 0 bridgehead atoms. The van der Waals surface area contributed by atoms with Crippen molar-refractivity contribution in [2.45, 2.75) is 6.42 Å². The van der Waals surface area contributed by atoms with Gasteiger partial charge in [0.2, 0.25) is 0 Å². The molecule has 0 aliphatic carbocycles. The Balaban J connectivity index is 1.37. The second-order valence-electron chi connectivity index (χ2n) is 7.25. The van der Waals surface area contributed by atoms with E-state index in [4.69, 9.17) is 4.74 Å². The third-order valence-corrected chi connectivity index (χ3v) is 5.12. The quantitative estimate of drug-likeness (QED) is 0.185. The zero-order valence-corrected chi connectivity index (χ0v) is 17.3. The second-order valence-corrected chi connectivity index (χ2v) is 7.25. The molecular weight excluding hydrogens is 423 g/mol. The molecule has 0 unspecified atom stereocenters. The Kier molecular flexibility index (Phi) is 6.09. The largest absolute Gasteiger partial charge is 0.426 e. The van der Waals surface area contributed by atoms with Crippen molar-refractivity contribution in [3.05, 3.63) is 101 Å². The van der Waals surface area contributed by atoms with E-state index in [1.807, 2.05) is 6.07 Å². The number of esters is 1. The van der Waals surface area contributed by atoms with Crippen LogP contribution in [0.1, 0.15) is 38.3 Å². The van der Waals surface area contributed by atoms with Gasteiger partial charge in [-0.25, -0.2) is 4.39 Å². The Morgan fingerprint density at radius 2 is 1.55 bits per heavy atom. The molecule has 162 valence electrons. The first-order chi connectivity index (χ1) is 16.0. The van der Waals surface area contributed by atoms with E-state index in [2.05, 4.69) is 0 Å². The topological polar surface area (TPSA) is 87.5 Å². The summed E-state index contributed by atoms with van der Waals surface area (Å²) < 4.78 is 19.2. The highest BCUT2D eigenvalue weighted by Gasteiger charge is 2.35. The zero-order chi connectivity index (χ0) is 23.4. The third kappa shape index (κ3) is 4.55. The molecule has 6 nitrogen and oxygen atoms in total. The Bertz CT molecular complexity index is 1290. The molecule has 1 aliphatic rings. The number of imide groups is 1. The number of hydrogen-bond acceptors (Lipinski definition) is 5. The minimum absolute atomic E-state index is 0.0832. The van der Waals surface area contributed by atoms with Gasteiger partial charge < -0.3 is 4.74 Å². The maximum Gasteiger partial charge on any atom is 0.312 e. The molecule has 33 heavy (non-hydrogen) atoms. The predicted octanol–water partition coefficient (Wildman–Crippen LogP) is 4.48. The number of halogens is 1. The Hall–Kier alpha value is -4.57. The maximum atomic E-state index is 14.0. The lowest BCUT2D eigenvalue weighted by Crippen LogP contribution is -2.32. The Labute approximate surface area is 189 Å². The summed E-state index contributed by atoms with van der Waals surface area (Å²) in [5.41, 5.74) is 1.64. The summed E-state index contributed by atoms with van der Waals surface area (Å²) in [6.45, 7) is -0.0832. The van der Waals surface area contributed by atoms with E-state index in [1.165, 1.54) is 18.2 Å². The van der Waals surface area contributed by atoms with Crippen LogP contribution in [0.4, 0.5) is 4.39 Å². The molecule has 0 N–H and O–H groups in total. The summed E-state index contributed by atoms with van der Waals surface area (Å²) in [5, 5.41) is 9.38. The minimum Gasteiger partial charge on any atom is -0.426 e. The van der Waals surface area contributed by atoms with Gasteiger partial charge in [-0.15, -0.1) is 0 Å².